The van der Waals surface area contributed by atoms with Crippen LogP contribution in [-0.2, 0) is 0 Å². The minimum absolute atomic E-state index is 0.0745. The maximum atomic E-state index is 12.1. The number of amides is 1. The van der Waals surface area contributed by atoms with Gasteiger partial charge < -0.3 is 10.6 Å². The van der Waals surface area contributed by atoms with Gasteiger partial charge in [0, 0.05) is 51.7 Å². The van der Waals surface area contributed by atoms with E-state index in [0.29, 0.717) is 12.1 Å². The average molecular weight is 234 g/mol. The average Bonchev–Trinajstić information content (AvgIpc) is 2.40. The zero-order chi connectivity index (χ0) is 12.1. The molecule has 17 heavy (non-hydrogen) atoms. The summed E-state index contributed by atoms with van der Waals surface area (Å²) >= 11 is 0. The maximum absolute atomic E-state index is 12.1. The van der Waals surface area contributed by atoms with Crippen LogP contribution >= 0.6 is 0 Å². The molecule has 92 valence electrons. The number of nitrogens with two attached hydrogens (primary N) is 1. The Kier molecular flexibility index (Phi) is 4.06. The van der Waals surface area contributed by atoms with Crippen LogP contribution < -0.4 is 5.73 Å². The van der Waals surface area contributed by atoms with Crippen molar-refractivity contribution < 1.29 is 4.79 Å². The lowest BCUT2D eigenvalue weighted by molar-refractivity contribution is 0.0640. The van der Waals surface area contributed by atoms with E-state index in [1.54, 1.807) is 18.5 Å². The number of carbonyl (C=O) groups is 1. The molecule has 0 radical (unpaired) electrons. The van der Waals surface area contributed by atoms with E-state index in [0.717, 1.165) is 32.7 Å². The molecule has 1 aromatic rings. The predicted octanol–water partition coefficient (Wildman–Crippen LogP) is -0.202. The summed E-state index contributed by atoms with van der Waals surface area (Å²) in [4.78, 5) is 20.2. The van der Waals surface area contributed by atoms with Crippen molar-refractivity contribution in [1.82, 2.24) is 14.8 Å². The molecular formula is C12H18N4O. The van der Waals surface area contributed by atoms with Crippen LogP contribution in [0.2, 0.25) is 0 Å². The second-order valence-electron chi connectivity index (χ2n) is 4.16. The molecule has 1 aliphatic heterocycles. The number of pyridine rings is 1. The maximum Gasteiger partial charge on any atom is 0.255 e. The first-order valence-corrected chi connectivity index (χ1v) is 5.93. The molecule has 0 bridgehead atoms. The quantitative estimate of drug-likeness (QED) is 0.786. The van der Waals surface area contributed by atoms with Crippen LogP contribution in [0.4, 0.5) is 0 Å². The summed E-state index contributed by atoms with van der Waals surface area (Å²) in [7, 11) is 0. The Morgan fingerprint density at radius 1 is 1.35 bits per heavy atom. The molecule has 0 atom stereocenters. The molecular weight excluding hydrogens is 216 g/mol. The van der Waals surface area contributed by atoms with Crippen LogP contribution in [0.5, 0.6) is 0 Å². The van der Waals surface area contributed by atoms with Crippen LogP contribution in [-0.4, -0.2) is 60.0 Å². The third kappa shape index (κ3) is 3.01. The van der Waals surface area contributed by atoms with Crippen molar-refractivity contribution >= 4 is 5.91 Å². The van der Waals surface area contributed by atoms with Crippen molar-refractivity contribution in [3.05, 3.63) is 30.1 Å². The molecule has 0 aliphatic carbocycles. The molecule has 0 aromatic carbocycles. The van der Waals surface area contributed by atoms with Gasteiger partial charge in [0.05, 0.1) is 5.56 Å². The summed E-state index contributed by atoms with van der Waals surface area (Å²) in [6.45, 7) is 4.94. The van der Waals surface area contributed by atoms with Gasteiger partial charge >= 0.3 is 0 Å². The van der Waals surface area contributed by atoms with Crippen molar-refractivity contribution in [2.75, 3.05) is 39.3 Å². The van der Waals surface area contributed by atoms with E-state index >= 15 is 0 Å². The van der Waals surface area contributed by atoms with Gasteiger partial charge in [0.1, 0.15) is 0 Å². The first-order chi connectivity index (χ1) is 8.31. The zero-order valence-corrected chi connectivity index (χ0v) is 9.88. The Labute approximate surface area is 101 Å². The summed E-state index contributed by atoms with van der Waals surface area (Å²) in [5, 5.41) is 0. The molecule has 5 heteroatoms. The summed E-state index contributed by atoms with van der Waals surface area (Å²) in [6.07, 6.45) is 3.30. The molecule has 2 heterocycles. The lowest BCUT2D eigenvalue weighted by Crippen LogP contribution is -2.49. The van der Waals surface area contributed by atoms with Gasteiger partial charge in [-0.2, -0.15) is 0 Å². The van der Waals surface area contributed by atoms with Crippen molar-refractivity contribution in [2.45, 2.75) is 0 Å². The van der Waals surface area contributed by atoms with Gasteiger partial charge in [0.2, 0.25) is 0 Å². The fourth-order valence-corrected chi connectivity index (χ4v) is 2.03. The van der Waals surface area contributed by atoms with Crippen LogP contribution in [0.15, 0.2) is 24.5 Å². The summed E-state index contributed by atoms with van der Waals surface area (Å²) < 4.78 is 0. The van der Waals surface area contributed by atoms with Gasteiger partial charge in [-0.25, -0.2) is 0 Å². The summed E-state index contributed by atoms with van der Waals surface area (Å²) in [5.41, 5.74) is 6.18. The van der Waals surface area contributed by atoms with Crippen LogP contribution in [0.1, 0.15) is 10.4 Å². The fraction of sp³-hybridized carbons (Fsp3) is 0.500. The Bertz CT molecular complexity index is 360. The largest absolute Gasteiger partial charge is 0.336 e. The molecule has 1 aliphatic rings. The minimum Gasteiger partial charge on any atom is -0.336 e. The standard InChI is InChI=1S/C12H18N4O/c13-3-5-15-6-8-16(9-7-15)12(17)11-2-1-4-14-10-11/h1-2,4,10H,3,5-9,13H2. The minimum atomic E-state index is 0.0745. The number of hydrogen-bond donors (Lipinski definition) is 1. The Morgan fingerprint density at radius 2 is 2.12 bits per heavy atom. The zero-order valence-electron chi connectivity index (χ0n) is 9.88. The first-order valence-electron chi connectivity index (χ1n) is 5.93. The van der Waals surface area contributed by atoms with Crippen LogP contribution in [0.3, 0.4) is 0 Å². The third-order valence-electron chi connectivity index (χ3n) is 3.01. The molecule has 0 spiro atoms. The van der Waals surface area contributed by atoms with Gasteiger partial charge in [0.25, 0.3) is 5.91 Å². The lowest BCUT2D eigenvalue weighted by Gasteiger charge is -2.34. The third-order valence-corrected chi connectivity index (χ3v) is 3.01. The molecule has 2 N–H and O–H groups in total. The number of rotatable bonds is 3. The Balaban J connectivity index is 1.91. The number of piperazine rings is 1. The van der Waals surface area contributed by atoms with Crippen molar-refractivity contribution in [3.63, 3.8) is 0 Å². The van der Waals surface area contributed by atoms with Gasteiger partial charge in [-0.1, -0.05) is 0 Å². The second kappa shape index (κ2) is 5.75. The van der Waals surface area contributed by atoms with E-state index in [1.807, 2.05) is 11.0 Å². The molecule has 0 saturated carbocycles. The number of nitrogens with zero attached hydrogens (tertiary/aromatic N) is 3. The molecule has 5 nitrogen and oxygen atoms in total. The highest BCUT2D eigenvalue weighted by Gasteiger charge is 2.21. The van der Waals surface area contributed by atoms with Crippen molar-refractivity contribution in [1.29, 1.82) is 0 Å². The van der Waals surface area contributed by atoms with Gasteiger partial charge in [-0.05, 0) is 12.1 Å². The van der Waals surface area contributed by atoms with E-state index in [2.05, 4.69) is 9.88 Å². The number of hydrogen-bond acceptors (Lipinski definition) is 4. The molecule has 1 amide bonds. The Hall–Kier alpha value is -1.46. The van der Waals surface area contributed by atoms with Crippen molar-refractivity contribution in [2.24, 2.45) is 5.73 Å². The van der Waals surface area contributed by atoms with Crippen LogP contribution in [0, 0.1) is 0 Å². The van der Waals surface area contributed by atoms with Gasteiger partial charge in [-0.15, -0.1) is 0 Å². The monoisotopic (exact) mass is 234 g/mol. The fourth-order valence-electron chi connectivity index (χ4n) is 2.03. The lowest BCUT2D eigenvalue weighted by atomic mass is 10.2. The topological polar surface area (TPSA) is 62.5 Å². The second-order valence-corrected chi connectivity index (χ2v) is 4.16. The normalized spacial score (nSPS) is 17.1. The Morgan fingerprint density at radius 3 is 2.71 bits per heavy atom. The highest BCUT2D eigenvalue weighted by molar-refractivity contribution is 5.93. The summed E-state index contributed by atoms with van der Waals surface area (Å²) in [5.74, 6) is 0.0745. The molecule has 0 unspecified atom stereocenters. The van der Waals surface area contributed by atoms with E-state index in [1.165, 1.54) is 0 Å². The predicted molar refractivity (Wildman–Crippen MR) is 65.6 cm³/mol. The van der Waals surface area contributed by atoms with Gasteiger partial charge in [0.15, 0.2) is 0 Å². The molecule has 2 rings (SSSR count). The molecule has 1 fully saturated rings. The van der Waals surface area contributed by atoms with Crippen LogP contribution in [0.25, 0.3) is 0 Å². The van der Waals surface area contributed by atoms with Crippen molar-refractivity contribution in [3.8, 4) is 0 Å². The van der Waals surface area contributed by atoms with E-state index in [4.69, 9.17) is 5.73 Å². The first kappa shape index (κ1) is 12.0. The molecule has 1 saturated heterocycles. The van der Waals surface area contributed by atoms with E-state index < -0.39 is 0 Å². The van der Waals surface area contributed by atoms with Gasteiger partial charge in [-0.3, -0.25) is 14.7 Å². The highest BCUT2D eigenvalue weighted by atomic mass is 16.2. The van der Waals surface area contributed by atoms with E-state index in [-0.39, 0.29) is 5.91 Å². The number of carbonyl (C=O) groups excluding carboxylic acids is 1. The molecule has 1 aromatic heterocycles. The smallest absolute Gasteiger partial charge is 0.255 e. The number of aromatic nitrogens is 1. The highest BCUT2D eigenvalue weighted by Crippen LogP contribution is 2.07. The SMILES string of the molecule is NCCN1CCN(C(=O)c2cccnc2)CC1. The van der Waals surface area contributed by atoms with E-state index in [9.17, 15) is 4.79 Å². The summed E-state index contributed by atoms with van der Waals surface area (Å²) in [6, 6.07) is 3.60.